The van der Waals surface area contributed by atoms with Gasteiger partial charge in [-0.05, 0) is 73.1 Å². The molecule has 0 amide bonds. The third-order valence-electron chi connectivity index (χ3n) is 10.3. The second-order valence-electron chi connectivity index (χ2n) is 12.9. The van der Waals surface area contributed by atoms with Crippen molar-refractivity contribution < 1.29 is 0 Å². The largest absolute Gasteiger partial charge is 0.228 e. The highest BCUT2D eigenvalue weighted by atomic mass is 14.9. The monoisotopic (exact) mass is 622 g/mol. The van der Waals surface area contributed by atoms with Gasteiger partial charge in [0.15, 0.2) is 5.82 Å². The summed E-state index contributed by atoms with van der Waals surface area (Å²) in [6, 6.07) is 65.6. The lowest BCUT2D eigenvalue weighted by molar-refractivity contribution is 0.775. The summed E-state index contributed by atoms with van der Waals surface area (Å²) in [6.45, 7) is 0. The predicted octanol–water partition coefficient (Wildman–Crippen LogP) is 11.6. The fraction of sp³-hybridized carbons (Fsp3) is 0.0213. The highest BCUT2D eigenvalue weighted by molar-refractivity contribution is 6.07. The van der Waals surface area contributed by atoms with Gasteiger partial charge in [-0.15, -0.1) is 0 Å². The van der Waals surface area contributed by atoms with Gasteiger partial charge < -0.3 is 0 Å². The molecule has 0 aliphatic heterocycles. The fourth-order valence-corrected chi connectivity index (χ4v) is 8.25. The van der Waals surface area contributed by atoms with Crippen LogP contribution in [0.3, 0.4) is 0 Å². The first kappa shape index (κ1) is 27.7. The lowest BCUT2D eigenvalue weighted by Gasteiger charge is -2.34. The summed E-state index contributed by atoms with van der Waals surface area (Å²) in [7, 11) is 0. The Hall–Kier alpha value is -6.38. The van der Waals surface area contributed by atoms with E-state index in [1.54, 1.807) is 0 Å². The maximum Gasteiger partial charge on any atom is 0.161 e. The van der Waals surface area contributed by atoms with E-state index in [2.05, 4.69) is 182 Å². The van der Waals surface area contributed by atoms with E-state index in [-0.39, 0.29) is 0 Å². The highest BCUT2D eigenvalue weighted by Crippen LogP contribution is 2.60. The van der Waals surface area contributed by atoms with Crippen LogP contribution in [0.5, 0.6) is 0 Å². The van der Waals surface area contributed by atoms with Crippen LogP contribution in [0.15, 0.2) is 182 Å². The minimum atomic E-state index is -0.540. The molecule has 0 radical (unpaired) electrons. The quantitative estimate of drug-likeness (QED) is 0.195. The Labute approximate surface area is 285 Å². The normalized spacial score (nSPS) is 13.1. The number of para-hydroxylation sites is 1. The molecular formula is C47H30N2. The molecule has 0 saturated carbocycles. The molecule has 1 aromatic heterocycles. The molecule has 0 bridgehead atoms. The van der Waals surface area contributed by atoms with E-state index in [0.717, 1.165) is 33.5 Å². The maximum atomic E-state index is 5.49. The van der Waals surface area contributed by atoms with Crippen LogP contribution < -0.4 is 0 Å². The van der Waals surface area contributed by atoms with E-state index >= 15 is 0 Å². The second-order valence-corrected chi connectivity index (χ2v) is 12.9. The molecule has 0 fully saturated rings. The molecule has 2 heteroatoms. The molecule has 0 saturated heterocycles. The first-order valence-electron chi connectivity index (χ1n) is 16.8. The summed E-state index contributed by atoms with van der Waals surface area (Å²) in [5, 5.41) is 5.86. The summed E-state index contributed by atoms with van der Waals surface area (Å²) >= 11 is 0. The maximum absolute atomic E-state index is 5.49. The molecule has 1 aliphatic rings. The Morgan fingerprint density at radius 2 is 1.02 bits per heavy atom. The van der Waals surface area contributed by atoms with Gasteiger partial charge in [0.25, 0.3) is 0 Å². The summed E-state index contributed by atoms with van der Waals surface area (Å²) in [5.41, 5.74) is 10.9. The Bertz CT molecular complexity index is 2670. The van der Waals surface area contributed by atoms with E-state index in [1.807, 2.05) is 0 Å². The Morgan fingerprint density at radius 3 is 1.80 bits per heavy atom. The van der Waals surface area contributed by atoms with Gasteiger partial charge in [-0.3, -0.25) is 0 Å². The minimum absolute atomic E-state index is 0.540. The van der Waals surface area contributed by atoms with Gasteiger partial charge in [-0.2, -0.15) is 0 Å². The van der Waals surface area contributed by atoms with Crippen molar-refractivity contribution in [1.29, 1.82) is 0 Å². The lowest BCUT2D eigenvalue weighted by atomic mass is 9.66. The summed E-state index contributed by atoms with van der Waals surface area (Å²) < 4.78 is 0. The number of fused-ring (bicyclic) bond motifs is 7. The van der Waals surface area contributed by atoms with Crippen LogP contribution in [0.2, 0.25) is 0 Å². The van der Waals surface area contributed by atoms with E-state index in [4.69, 9.17) is 9.97 Å². The molecule has 228 valence electrons. The van der Waals surface area contributed by atoms with E-state index in [9.17, 15) is 0 Å². The van der Waals surface area contributed by atoms with Gasteiger partial charge in [0.1, 0.15) is 0 Å². The highest BCUT2D eigenvalue weighted by Gasteiger charge is 2.48. The van der Waals surface area contributed by atoms with Crippen molar-refractivity contribution in [3.63, 3.8) is 0 Å². The summed E-state index contributed by atoms with van der Waals surface area (Å²) in [5.74, 6) is 0.732. The molecule has 9 aromatic rings. The standard InChI is InChI=1S/C47H30N2/c1-3-18-35(19-4-1)47(36-20-5-2-6-21-36)41-25-13-11-23-38(41)43-40(30-33-17-9-10-22-37(33)44(43)47)46-48-42-26-14-12-24-39(42)45(49-46)34-28-27-31-15-7-8-16-32(31)29-34/h1-30H. The molecule has 1 heterocycles. The number of nitrogens with zero attached hydrogens (tertiary/aromatic N) is 2. The zero-order chi connectivity index (χ0) is 32.4. The van der Waals surface area contributed by atoms with Crippen LogP contribution in [-0.2, 0) is 5.41 Å². The molecule has 49 heavy (non-hydrogen) atoms. The molecule has 8 aromatic carbocycles. The van der Waals surface area contributed by atoms with Crippen LogP contribution in [0.1, 0.15) is 22.3 Å². The molecule has 0 unspecified atom stereocenters. The van der Waals surface area contributed by atoms with Gasteiger partial charge in [0.2, 0.25) is 0 Å². The number of hydrogen-bond donors (Lipinski definition) is 0. The van der Waals surface area contributed by atoms with Crippen LogP contribution in [0.4, 0.5) is 0 Å². The van der Waals surface area contributed by atoms with Crippen LogP contribution in [0, 0.1) is 0 Å². The van der Waals surface area contributed by atoms with Crippen molar-refractivity contribution in [3.05, 3.63) is 204 Å². The van der Waals surface area contributed by atoms with Crippen molar-refractivity contribution >= 4 is 32.4 Å². The van der Waals surface area contributed by atoms with Crippen LogP contribution in [0.25, 0.3) is 66.2 Å². The zero-order valence-corrected chi connectivity index (χ0v) is 26.7. The number of hydrogen-bond acceptors (Lipinski definition) is 2. The SMILES string of the molecule is c1ccc(C2(c3ccccc3)c3ccccc3-c3c(-c4nc(-c5ccc6ccccc6c5)c5ccccc5n4)cc4ccccc4c32)cc1. The number of aromatic nitrogens is 2. The smallest absolute Gasteiger partial charge is 0.161 e. The van der Waals surface area contributed by atoms with Gasteiger partial charge in [-0.25, -0.2) is 9.97 Å². The molecule has 2 nitrogen and oxygen atoms in total. The van der Waals surface area contributed by atoms with Crippen molar-refractivity contribution in [2.45, 2.75) is 5.41 Å². The van der Waals surface area contributed by atoms with Gasteiger partial charge in [0.05, 0.1) is 16.6 Å². The Balaban J connectivity index is 1.35. The van der Waals surface area contributed by atoms with Crippen LogP contribution in [-0.4, -0.2) is 9.97 Å². The molecular weight excluding hydrogens is 593 g/mol. The minimum Gasteiger partial charge on any atom is -0.228 e. The van der Waals surface area contributed by atoms with E-state index in [1.165, 1.54) is 54.9 Å². The Kier molecular flexibility index (Phi) is 6.13. The van der Waals surface area contributed by atoms with Crippen molar-refractivity contribution in [1.82, 2.24) is 9.97 Å². The molecule has 0 spiro atoms. The topological polar surface area (TPSA) is 25.8 Å². The third kappa shape index (κ3) is 4.07. The van der Waals surface area contributed by atoms with Gasteiger partial charge in [-0.1, -0.05) is 164 Å². The first-order valence-corrected chi connectivity index (χ1v) is 16.8. The predicted molar refractivity (Wildman–Crippen MR) is 203 cm³/mol. The van der Waals surface area contributed by atoms with Gasteiger partial charge in [0, 0.05) is 16.5 Å². The van der Waals surface area contributed by atoms with Crippen molar-refractivity contribution in [2.24, 2.45) is 0 Å². The van der Waals surface area contributed by atoms with E-state index in [0.29, 0.717) is 0 Å². The van der Waals surface area contributed by atoms with E-state index < -0.39 is 5.41 Å². The summed E-state index contributed by atoms with van der Waals surface area (Å²) in [4.78, 5) is 10.8. The molecule has 10 rings (SSSR count). The average molecular weight is 623 g/mol. The average Bonchev–Trinajstić information content (AvgIpc) is 3.50. The number of benzene rings is 8. The van der Waals surface area contributed by atoms with Crippen molar-refractivity contribution in [2.75, 3.05) is 0 Å². The fourth-order valence-electron chi connectivity index (χ4n) is 8.25. The van der Waals surface area contributed by atoms with Crippen molar-refractivity contribution in [3.8, 4) is 33.8 Å². The molecule has 1 aliphatic carbocycles. The van der Waals surface area contributed by atoms with Crippen LogP contribution >= 0.6 is 0 Å². The third-order valence-corrected chi connectivity index (χ3v) is 10.3. The zero-order valence-electron chi connectivity index (χ0n) is 26.7. The Morgan fingerprint density at radius 1 is 0.408 bits per heavy atom. The summed E-state index contributed by atoms with van der Waals surface area (Å²) in [6.07, 6.45) is 0. The lowest BCUT2D eigenvalue weighted by Crippen LogP contribution is -2.28. The second kappa shape index (κ2) is 10.8. The first-order chi connectivity index (χ1) is 24.3. The van der Waals surface area contributed by atoms with Gasteiger partial charge >= 0.3 is 0 Å². The molecule has 0 atom stereocenters. The number of rotatable bonds is 4. The molecule has 0 N–H and O–H groups in total.